The molecule has 0 heterocycles. The van der Waals surface area contributed by atoms with E-state index in [0.29, 0.717) is 12.6 Å². The third-order valence-corrected chi connectivity index (χ3v) is 3.29. The van der Waals surface area contributed by atoms with Crippen LogP contribution in [0.2, 0.25) is 0 Å². The molecule has 1 aliphatic rings. The monoisotopic (exact) mass is 278 g/mol. The number of carbonyl (C=O) groups is 1. The molecule has 0 aromatic heterocycles. The van der Waals surface area contributed by atoms with Crippen LogP contribution in [0, 0.1) is 0 Å². The number of ether oxygens (including phenoxy) is 2. The maximum absolute atomic E-state index is 11.4. The highest BCUT2D eigenvalue weighted by Crippen LogP contribution is 2.27. The van der Waals surface area contributed by atoms with Crippen LogP contribution in [0.3, 0.4) is 0 Å². The summed E-state index contributed by atoms with van der Waals surface area (Å²) in [6, 6.07) is 6.25. The average molecular weight is 278 g/mol. The Balaban J connectivity index is 1.71. The van der Waals surface area contributed by atoms with Gasteiger partial charge in [0.1, 0.15) is 0 Å². The summed E-state index contributed by atoms with van der Waals surface area (Å²) in [6.07, 6.45) is 4.01. The first-order chi connectivity index (χ1) is 9.72. The molecule has 20 heavy (non-hydrogen) atoms. The zero-order valence-corrected chi connectivity index (χ0v) is 12.1. The molecule has 0 radical (unpaired) electrons. The van der Waals surface area contributed by atoms with Gasteiger partial charge in [0.2, 0.25) is 0 Å². The third-order valence-electron chi connectivity index (χ3n) is 3.29. The number of benzene rings is 1. The van der Waals surface area contributed by atoms with Gasteiger partial charge in [0.15, 0.2) is 11.5 Å². The molecule has 0 spiro atoms. The van der Waals surface area contributed by atoms with Crippen molar-refractivity contribution in [3.05, 3.63) is 23.8 Å². The van der Waals surface area contributed by atoms with Gasteiger partial charge in [-0.15, -0.1) is 0 Å². The Hall–Kier alpha value is -1.91. The zero-order chi connectivity index (χ0) is 14.4. The minimum atomic E-state index is -0.0557. The van der Waals surface area contributed by atoms with Gasteiger partial charge in [-0.25, -0.2) is 4.79 Å². The van der Waals surface area contributed by atoms with E-state index in [4.69, 9.17) is 9.47 Å². The van der Waals surface area contributed by atoms with Crippen molar-refractivity contribution in [1.82, 2.24) is 10.6 Å². The number of hydrogen-bond acceptors (Lipinski definition) is 3. The van der Waals surface area contributed by atoms with Gasteiger partial charge in [-0.3, -0.25) is 0 Å². The number of methoxy groups -OCH3 is 2. The Labute approximate surface area is 119 Å². The molecule has 5 nitrogen and oxygen atoms in total. The maximum atomic E-state index is 11.4. The number of urea groups is 1. The Morgan fingerprint density at radius 3 is 2.65 bits per heavy atom. The van der Waals surface area contributed by atoms with E-state index >= 15 is 0 Å². The first-order valence-electron chi connectivity index (χ1n) is 6.98. The van der Waals surface area contributed by atoms with Crippen molar-refractivity contribution >= 4 is 6.03 Å². The highest BCUT2D eigenvalue weighted by Gasteiger charge is 2.22. The number of amides is 2. The van der Waals surface area contributed by atoms with Gasteiger partial charge in [-0.05, 0) is 43.4 Å². The third kappa shape index (κ3) is 4.33. The molecule has 0 atom stereocenters. The Bertz CT molecular complexity index is 458. The summed E-state index contributed by atoms with van der Waals surface area (Å²) >= 11 is 0. The van der Waals surface area contributed by atoms with E-state index in [1.54, 1.807) is 14.2 Å². The van der Waals surface area contributed by atoms with Crippen molar-refractivity contribution in [3.8, 4) is 11.5 Å². The fourth-order valence-electron chi connectivity index (χ4n) is 1.99. The van der Waals surface area contributed by atoms with Crippen LogP contribution in [0.4, 0.5) is 4.79 Å². The summed E-state index contributed by atoms with van der Waals surface area (Å²) in [6.45, 7) is 0.674. The molecule has 0 unspecified atom stereocenters. The van der Waals surface area contributed by atoms with Crippen LogP contribution in [0.1, 0.15) is 24.8 Å². The van der Waals surface area contributed by atoms with Crippen LogP contribution in [0.25, 0.3) is 0 Å². The van der Waals surface area contributed by atoms with E-state index in [1.807, 2.05) is 18.2 Å². The molecule has 2 rings (SSSR count). The largest absolute Gasteiger partial charge is 0.493 e. The summed E-state index contributed by atoms with van der Waals surface area (Å²) < 4.78 is 10.5. The molecule has 1 saturated carbocycles. The first kappa shape index (κ1) is 14.5. The van der Waals surface area contributed by atoms with Crippen LogP contribution >= 0.6 is 0 Å². The molecule has 0 saturated heterocycles. The van der Waals surface area contributed by atoms with Crippen molar-refractivity contribution < 1.29 is 14.3 Å². The second-order valence-electron chi connectivity index (χ2n) is 4.97. The lowest BCUT2D eigenvalue weighted by Gasteiger charge is -2.10. The summed E-state index contributed by atoms with van der Waals surface area (Å²) in [5, 5.41) is 5.77. The van der Waals surface area contributed by atoms with Crippen LogP contribution in [-0.4, -0.2) is 32.8 Å². The Morgan fingerprint density at radius 2 is 2.00 bits per heavy atom. The van der Waals surface area contributed by atoms with Crippen LogP contribution in [0.5, 0.6) is 11.5 Å². The number of carbonyl (C=O) groups excluding carboxylic acids is 1. The van der Waals surface area contributed by atoms with Gasteiger partial charge in [0, 0.05) is 12.6 Å². The van der Waals surface area contributed by atoms with Gasteiger partial charge in [0.25, 0.3) is 0 Å². The van der Waals surface area contributed by atoms with Crippen molar-refractivity contribution in [2.75, 3.05) is 20.8 Å². The van der Waals surface area contributed by atoms with Crippen LogP contribution < -0.4 is 20.1 Å². The molecule has 2 amide bonds. The zero-order valence-electron chi connectivity index (χ0n) is 12.1. The number of nitrogens with one attached hydrogen (secondary N) is 2. The topological polar surface area (TPSA) is 59.6 Å². The van der Waals surface area contributed by atoms with Gasteiger partial charge in [-0.1, -0.05) is 6.07 Å². The fourth-order valence-corrected chi connectivity index (χ4v) is 1.99. The van der Waals surface area contributed by atoms with Crippen molar-refractivity contribution in [3.63, 3.8) is 0 Å². The van der Waals surface area contributed by atoms with Crippen molar-refractivity contribution in [2.24, 2.45) is 0 Å². The van der Waals surface area contributed by atoms with E-state index < -0.39 is 0 Å². The van der Waals surface area contributed by atoms with Crippen LogP contribution in [-0.2, 0) is 6.42 Å². The fraction of sp³-hybridized carbons (Fsp3) is 0.533. The molecule has 2 N–H and O–H groups in total. The van der Waals surface area contributed by atoms with E-state index in [0.717, 1.165) is 37.2 Å². The molecule has 1 aromatic carbocycles. The summed E-state index contributed by atoms with van der Waals surface area (Å²) in [4.78, 5) is 11.4. The second kappa shape index (κ2) is 7.03. The highest BCUT2D eigenvalue weighted by molar-refractivity contribution is 5.74. The molecule has 0 bridgehead atoms. The number of hydrogen-bond donors (Lipinski definition) is 2. The molecule has 1 aromatic rings. The molecule has 0 aliphatic heterocycles. The highest BCUT2D eigenvalue weighted by atomic mass is 16.5. The number of aryl methyl sites for hydroxylation is 1. The molecule has 5 heteroatoms. The van der Waals surface area contributed by atoms with E-state index in [-0.39, 0.29) is 6.03 Å². The smallest absolute Gasteiger partial charge is 0.315 e. The Morgan fingerprint density at radius 1 is 1.25 bits per heavy atom. The van der Waals surface area contributed by atoms with Gasteiger partial charge < -0.3 is 20.1 Å². The lowest BCUT2D eigenvalue weighted by molar-refractivity contribution is 0.240. The normalized spacial score (nSPS) is 13.7. The van der Waals surface area contributed by atoms with E-state index in [2.05, 4.69) is 10.6 Å². The van der Waals surface area contributed by atoms with Crippen LogP contribution in [0.15, 0.2) is 18.2 Å². The lowest BCUT2D eigenvalue weighted by Crippen LogP contribution is -2.37. The lowest BCUT2D eigenvalue weighted by atomic mass is 10.1. The minimum absolute atomic E-state index is 0.0557. The molecular weight excluding hydrogens is 256 g/mol. The standard InChI is InChI=1S/C15H22N2O3/c1-19-13-8-5-11(10-14(13)20-2)4-3-9-16-15(18)17-12-6-7-12/h5,8,10,12H,3-4,6-7,9H2,1-2H3,(H2,16,17,18). The van der Waals surface area contributed by atoms with Gasteiger partial charge in [-0.2, -0.15) is 0 Å². The summed E-state index contributed by atoms with van der Waals surface area (Å²) in [5.41, 5.74) is 1.17. The molecule has 1 aliphatic carbocycles. The predicted molar refractivity (Wildman–Crippen MR) is 77.4 cm³/mol. The maximum Gasteiger partial charge on any atom is 0.315 e. The molecule has 1 fully saturated rings. The Kier molecular flexibility index (Phi) is 5.09. The van der Waals surface area contributed by atoms with E-state index in [9.17, 15) is 4.79 Å². The predicted octanol–water partition coefficient (Wildman–Crippen LogP) is 2.10. The first-order valence-corrected chi connectivity index (χ1v) is 6.98. The quantitative estimate of drug-likeness (QED) is 0.751. The molecular formula is C15H22N2O3. The average Bonchev–Trinajstić information content (AvgIpc) is 3.27. The minimum Gasteiger partial charge on any atom is -0.493 e. The summed E-state index contributed by atoms with van der Waals surface area (Å²) in [5.74, 6) is 1.47. The van der Waals surface area contributed by atoms with Crippen molar-refractivity contribution in [1.29, 1.82) is 0 Å². The SMILES string of the molecule is COc1ccc(CCCNC(=O)NC2CC2)cc1OC. The van der Waals surface area contributed by atoms with E-state index in [1.165, 1.54) is 5.56 Å². The summed E-state index contributed by atoms with van der Waals surface area (Å²) in [7, 11) is 3.26. The second-order valence-corrected chi connectivity index (χ2v) is 4.97. The molecule has 110 valence electrons. The van der Waals surface area contributed by atoms with Crippen molar-refractivity contribution in [2.45, 2.75) is 31.7 Å². The number of rotatable bonds is 7. The van der Waals surface area contributed by atoms with Gasteiger partial charge >= 0.3 is 6.03 Å². The van der Waals surface area contributed by atoms with Gasteiger partial charge in [0.05, 0.1) is 14.2 Å².